The summed E-state index contributed by atoms with van der Waals surface area (Å²) in [6.07, 6.45) is 2.30. The molecule has 0 spiro atoms. The van der Waals surface area contributed by atoms with Crippen LogP contribution in [-0.4, -0.2) is 25.2 Å². The molecule has 2 aromatic heterocycles. The molecule has 1 unspecified atom stereocenters. The van der Waals surface area contributed by atoms with Gasteiger partial charge < -0.3 is 14.2 Å². The molecular formula is C22H23BrClN3O3. The van der Waals surface area contributed by atoms with Gasteiger partial charge in [0.1, 0.15) is 0 Å². The van der Waals surface area contributed by atoms with Crippen molar-refractivity contribution in [3.63, 3.8) is 0 Å². The van der Waals surface area contributed by atoms with Gasteiger partial charge in [0.2, 0.25) is 0 Å². The van der Waals surface area contributed by atoms with Gasteiger partial charge in [-0.3, -0.25) is 4.79 Å². The average Bonchev–Trinajstić information content (AvgIpc) is 3.02. The molecule has 0 fully saturated rings. The summed E-state index contributed by atoms with van der Waals surface area (Å²) in [5, 5.41) is 10.5. The Labute approximate surface area is 188 Å². The number of aromatic carboxylic acids is 1. The van der Waals surface area contributed by atoms with Gasteiger partial charge in [-0.15, -0.1) is 0 Å². The fourth-order valence-corrected chi connectivity index (χ4v) is 4.68. The first-order valence-electron chi connectivity index (χ1n) is 9.52. The number of aromatic nitrogens is 3. The van der Waals surface area contributed by atoms with Gasteiger partial charge in [0, 0.05) is 35.8 Å². The number of rotatable bonds is 6. The molecule has 0 aliphatic carbocycles. The van der Waals surface area contributed by atoms with Crippen molar-refractivity contribution >= 4 is 33.5 Å². The molecule has 0 saturated carbocycles. The molecular weight excluding hydrogens is 470 g/mol. The SMILES string of the molecule is Cc1cc(CC(c2ccc(Cl)cc2)c2c(C(=O)O)nc(Br)n2C(C)C)cn(C)c1=O. The van der Waals surface area contributed by atoms with E-state index in [-0.39, 0.29) is 23.2 Å². The summed E-state index contributed by atoms with van der Waals surface area (Å²) >= 11 is 9.52. The van der Waals surface area contributed by atoms with E-state index >= 15 is 0 Å². The first-order valence-corrected chi connectivity index (χ1v) is 10.7. The number of hydrogen-bond donors (Lipinski definition) is 1. The van der Waals surface area contributed by atoms with Crippen LogP contribution in [0.3, 0.4) is 0 Å². The van der Waals surface area contributed by atoms with E-state index in [0.717, 1.165) is 11.1 Å². The number of carboxylic acids is 1. The lowest BCUT2D eigenvalue weighted by Crippen LogP contribution is -2.21. The number of halogens is 2. The van der Waals surface area contributed by atoms with Gasteiger partial charge in [0.15, 0.2) is 10.4 Å². The number of carbonyl (C=O) groups is 1. The predicted molar refractivity (Wildman–Crippen MR) is 121 cm³/mol. The lowest BCUT2D eigenvalue weighted by molar-refractivity contribution is 0.0689. The lowest BCUT2D eigenvalue weighted by Gasteiger charge is -2.23. The van der Waals surface area contributed by atoms with Crippen LogP contribution in [0.2, 0.25) is 5.02 Å². The van der Waals surface area contributed by atoms with E-state index in [4.69, 9.17) is 11.6 Å². The highest BCUT2D eigenvalue weighted by Crippen LogP contribution is 2.35. The Morgan fingerprint density at radius 2 is 1.90 bits per heavy atom. The average molecular weight is 493 g/mol. The van der Waals surface area contributed by atoms with Gasteiger partial charge in [-0.1, -0.05) is 23.7 Å². The minimum absolute atomic E-state index is 0.00774. The maximum absolute atomic E-state index is 12.1. The second-order valence-electron chi connectivity index (χ2n) is 7.64. The third-order valence-electron chi connectivity index (χ3n) is 5.09. The summed E-state index contributed by atoms with van der Waals surface area (Å²) < 4.78 is 3.93. The van der Waals surface area contributed by atoms with E-state index in [1.807, 2.05) is 36.6 Å². The van der Waals surface area contributed by atoms with Crippen LogP contribution in [-0.2, 0) is 13.5 Å². The van der Waals surface area contributed by atoms with Crippen molar-refractivity contribution in [2.24, 2.45) is 7.05 Å². The quantitative estimate of drug-likeness (QED) is 0.528. The maximum Gasteiger partial charge on any atom is 0.356 e. The van der Waals surface area contributed by atoms with Crippen LogP contribution < -0.4 is 5.56 Å². The van der Waals surface area contributed by atoms with Gasteiger partial charge in [-0.25, -0.2) is 9.78 Å². The standard InChI is InChI=1S/C22H23BrClN3O3/c1-12(2)27-19(18(21(29)30)25-22(27)23)17(15-5-7-16(24)8-6-15)10-14-9-13(3)20(28)26(4)11-14/h5-9,11-12,17H,10H2,1-4H3,(H,29,30). The second-order valence-corrected chi connectivity index (χ2v) is 8.78. The monoisotopic (exact) mass is 491 g/mol. The van der Waals surface area contributed by atoms with Gasteiger partial charge in [-0.2, -0.15) is 0 Å². The van der Waals surface area contributed by atoms with Crippen molar-refractivity contribution in [2.45, 2.75) is 39.2 Å². The zero-order valence-electron chi connectivity index (χ0n) is 17.2. The third-order valence-corrected chi connectivity index (χ3v) is 5.90. The largest absolute Gasteiger partial charge is 0.476 e. The highest BCUT2D eigenvalue weighted by molar-refractivity contribution is 9.10. The molecule has 2 heterocycles. The van der Waals surface area contributed by atoms with Gasteiger partial charge in [0.25, 0.3) is 5.56 Å². The van der Waals surface area contributed by atoms with E-state index < -0.39 is 5.97 Å². The van der Waals surface area contributed by atoms with Crippen LogP contribution in [0.5, 0.6) is 0 Å². The van der Waals surface area contributed by atoms with Crippen LogP contribution >= 0.6 is 27.5 Å². The molecule has 1 atom stereocenters. The number of benzene rings is 1. The van der Waals surface area contributed by atoms with Crippen LogP contribution in [0.4, 0.5) is 0 Å². The molecule has 0 radical (unpaired) electrons. The second kappa shape index (κ2) is 8.78. The van der Waals surface area contributed by atoms with E-state index in [1.54, 1.807) is 36.9 Å². The molecule has 1 N–H and O–H groups in total. The number of carboxylic acid groups (broad SMARTS) is 1. The summed E-state index contributed by atoms with van der Waals surface area (Å²) in [4.78, 5) is 28.5. The van der Waals surface area contributed by atoms with Crippen LogP contribution in [0.15, 0.2) is 46.1 Å². The zero-order chi connectivity index (χ0) is 22.2. The third kappa shape index (κ3) is 4.37. The number of imidazole rings is 1. The Bertz CT molecular complexity index is 1120. The summed E-state index contributed by atoms with van der Waals surface area (Å²) in [5.74, 6) is -1.38. The van der Waals surface area contributed by atoms with Crippen molar-refractivity contribution in [2.75, 3.05) is 0 Å². The summed E-state index contributed by atoms with van der Waals surface area (Å²) in [6.45, 7) is 5.74. The van der Waals surface area contributed by atoms with E-state index in [0.29, 0.717) is 27.4 Å². The lowest BCUT2D eigenvalue weighted by atomic mass is 9.88. The number of aryl methyl sites for hydroxylation is 2. The van der Waals surface area contributed by atoms with Crippen molar-refractivity contribution in [3.8, 4) is 0 Å². The van der Waals surface area contributed by atoms with Crippen molar-refractivity contribution in [3.05, 3.63) is 84.7 Å². The Morgan fingerprint density at radius 3 is 2.43 bits per heavy atom. The van der Waals surface area contributed by atoms with Crippen LogP contribution in [0, 0.1) is 6.92 Å². The van der Waals surface area contributed by atoms with Crippen molar-refractivity contribution in [1.82, 2.24) is 14.1 Å². The van der Waals surface area contributed by atoms with Crippen LogP contribution in [0.1, 0.15) is 58.7 Å². The summed E-state index contributed by atoms with van der Waals surface area (Å²) in [5.41, 5.74) is 3.06. The molecule has 3 aromatic rings. The minimum Gasteiger partial charge on any atom is -0.476 e. The molecule has 0 aliphatic heterocycles. The molecule has 0 bridgehead atoms. The molecule has 0 aliphatic rings. The zero-order valence-corrected chi connectivity index (χ0v) is 19.5. The molecule has 8 heteroatoms. The Morgan fingerprint density at radius 1 is 1.27 bits per heavy atom. The van der Waals surface area contributed by atoms with Gasteiger partial charge in [-0.05, 0) is 72.4 Å². The molecule has 1 aromatic carbocycles. The molecule has 30 heavy (non-hydrogen) atoms. The van der Waals surface area contributed by atoms with Crippen molar-refractivity contribution < 1.29 is 9.90 Å². The summed E-state index contributed by atoms with van der Waals surface area (Å²) in [6, 6.07) is 9.24. The Balaban J connectivity index is 2.25. The normalized spacial score (nSPS) is 12.4. The number of nitrogens with zero attached hydrogens (tertiary/aromatic N) is 3. The maximum atomic E-state index is 12.1. The predicted octanol–water partition coefficient (Wildman–Crippen LogP) is 4.96. The van der Waals surface area contributed by atoms with E-state index in [2.05, 4.69) is 20.9 Å². The minimum atomic E-state index is -1.08. The van der Waals surface area contributed by atoms with Gasteiger partial charge in [0.05, 0.1) is 5.69 Å². The first kappa shape index (κ1) is 22.3. The Kier molecular flexibility index (Phi) is 6.53. The highest BCUT2D eigenvalue weighted by Gasteiger charge is 2.30. The van der Waals surface area contributed by atoms with Crippen molar-refractivity contribution in [1.29, 1.82) is 0 Å². The van der Waals surface area contributed by atoms with Gasteiger partial charge >= 0.3 is 5.97 Å². The molecule has 0 amide bonds. The molecule has 6 nitrogen and oxygen atoms in total. The van der Waals surface area contributed by atoms with E-state index in [1.165, 1.54) is 0 Å². The topological polar surface area (TPSA) is 77.1 Å². The number of hydrogen-bond acceptors (Lipinski definition) is 3. The fraction of sp³-hybridized carbons (Fsp3) is 0.318. The number of pyridine rings is 1. The molecule has 158 valence electrons. The highest BCUT2D eigenvalue weighted by atomic mass is 79.9. The summed E-state index contributed by atoms with van der Waals surface area (Å²) in [7, 11) is 1.72. The smallest absolute Gasteiger partial charge is 0.356 e. The fourth-order valence-electron chi connectivity index (χ4n) is 3.78. The first-order chi connectivity index (χ1) is 14.1. The Hall–Kier alpha value is -2.38. The van der Waals surface area contributed by atoms with E-state index in [9.17, 15) is 14.7 Å². The van der Waals surface area contributed by atoms with Crippen LogP contribution in [0.25, 0.3) is 0 Å². The molecule has 0 saturated heterocycles. The molecule has 3 rings (SSSR count).